The van der Waals surface area contributed by atoms with Crippen LogP contribution in [-0.2, 0) is 19.4 Å². The normalized spacial score (nSPS) is 13.9. The predicted octanol–water partition coefficient (Wildman–Crippen LogP) is 1.42. The van der Waals surface area contributed by atoms with Gasteiger partial charge < -0.3 is 15.2 Å². The number of amides is 1. The van der Waals surface area contributed by atoms with E-state index in [9.17, 15) is 4.79 Å². The molecule has 1 aromatic carbocycles. The van der Waals surface area contributed by atoms with Gasteiger partial charge in [0.05, 0.1) is 5.69 Å². The Kier molecular flexibility index (Phi) is 4.49. The quantitative estimate of drug-likeness (QED) is 0.742. The van der Waals surface area contributed by atoms with Gasteiger partial charge in [-0.25, -0.2) is 4.98 Å². The number of aryl methyl sites for hydroxylation is 1. The van der Waals surface area contributed by atoms with Gasteiger partial charge in [0.2, 0.25) is 0 Å². The third-order valence-corrected chi connectivity index (χ3v) is 4.59. The minimum Gasteiger partial charge on any atom is -0.333 e. The molecular weight excluding hydrogens is 330 g/mol. The number of rotatable bonds is 4. The summed E-state index contributed by atoms with van der Waals surface area (Å²) in [6.07, 6.45) is 6.76. The Balaban J connectivity index is 1.60. The molecule has 0 fully saturated rings. The van der Waals surface area contributed by atoms with Crippen molar-refractivity contribution in [3.8, 4) is 5.69 Å². The Morgan fingerprint density at radius 3 is 2.92 bits per heavy atom. The highest BCUT2D eigenvalue weighted by Gasteiger charge is 2.17. The Hall–Kier alpha value is -3.00. The van der Waals surface area contributed by atoms with E-state index >= 15 is 0 Å². The number of nitrogens with zero attached hydrogens (tertiary/aromatic N) is 5. The Labute approximate surface area is 151 Å². The number of benzene rings is 1. The van der Waals surface area contributed by atoms with Crippen molar-refractivity contribution >= 4 is 11.6 Å². The Bertz CT molecular complexity index is 890. The molecule has 2 aromatic heterocycles. The van der Waals surface area contributed by atoms with Crippen molar-refractivity contribution in [3.05, 3.63) is 54.1 Å². The van der Waals surface area contributed by atoms with E-state index in [0.717, 1.165) is 55.2 Å². The fraction of sp³-hybridized carbons (Fsp3) is 0.333. The van der Waals surface area contributed by atoms with E-state index in [4.69, 9.17) is 0 Å². The number of carbonyl (C=O) groups excluding carboxylic acids is 1. The smallest absolute Gasteiger partial charge is 0.275 e. The topological polar surface area (TPSA) is 89.7 Å². The van der Waals surface area contributed by atoms with Gasteiger partial charge in [-0.15, -0.1) is 10.2 Å². The summed E-state index contributed by atoms with van der Waals surface area (Å²) in [5.41, 5.74) is 3.21. The molecule has 0 spiro atoms. The number of imidazole rings is 1. The lowest BCUT2D eigenvalue weighted by molar-refractivity contribution is 0.102. The molecule has 8 nitrogen and oxygen atoms in total. The first-order chi connectivity index (χ1) is 12.7. The van der Waals surface area contributed by atoms with Crippen LogP contribution in [0.25, 0.3) is 5.69 Å². The monoisotopic (exact) mass is 351 g/mol. The molecule has 0 unspecified atom stereocenters. The van der Waals surface area contributed by atoms with Crippen LogP contribution in [0.3, 0.4) is 0 Å². The summed E-state index contributed by atoms with van der Waals surface area (Å²) in [5, 5.41) is 14.0. The highest BCUT2D eigenvalue weighted by Crippen LogP contribution is 2.21. The average molecular weight is 351 g/mol. The maximum Gasteiger partial charge on any atom is 0.275 e. The summed E-state index contributed by atoms with van der Waals surface area (Å²) in [4.78, 5) is 17.3. The summed E-state index contributed by atoms with van der Waals surface area (Å²) < 4.78 is 3.87. The Morgan fingerprint density at radius 2 is 2.12 bits per heavy atom. The van der Waals surface area contributed by atoms with Crippen molar-refractivity contribution in [3.63, 3.8) is 0 Å². The Morgan fingerprint density at radius 1 is 1.27 bits per heavy atom. The molecule has 0 saturated carbocycles. The molecule has 2 N–H and O–H groups in total. The van der Waals surface area contributed by atoms with E-state index in [1.54, 1.807) is 17.2 Å². The van der Waals surface area contributed by atoms with Gasteiger partial charge in [-0.1, -0.05) is 13.0 Å². The van der Waals surface area contributed by atoms with Crippen LogP contribution >= 0.6 is 0 Å². The molecule has 8 heteroatoms. The SMILES string of the molecule is CCc1ccc(-n2cnnc2)cc1NC(=O)c1cn2c(n1)CCNCC2. The first kappa shape index (κ1) is 16.5. The lowest BCUT2D eigenvalue weighted by Crippen LogP contribution is -2.18. The molecule has 1 amide bonds. The van der Waals surface area contributed by atoms with Gasteiger partial charge in [-0.3, -0.25) is 9.36 Å². The van der Waals surface area contributed by atoms with Crippen LogP contribution in [0.4, 0.5) is 5.69 Å². The van der Waals surface area contributed by atoms with Crippen molar-refractivity contribution in [1.82, 2.24) is 29.6 Å². The highest BCUT2D eigenvalue weighted by molar-refractivity contribution is 6.03. The van der Waals surface area contributed by atoms with Crippen LogP contribution in [-0.4, -0.2) is 43.3 Å². The first-order valence-electron chi connectivity index (χ1n) is 8.80. The molecule has 1 aliphatic heterocycles. The zero-order valence-corrected chi connectivity index (χ0v) is 14.6. The fourth-order valence-electron chi connectivity index (χ4n) is 3.15. The van der Waals surface area contributed by atoms with Crippen molar-refractivity contribution in [1.29, 1.82) is 0 Å². The first-order valence-corrected chi connectivity index (χ1v) is 8.80. The average Bonchev–Trinajstić information content (AvgIpc) is 3.28. The van der Waals surface area contributed by atoms with Gasteiger partial charge in [0, 0.05) is 37.9 Å². The fourth-order valence-corrected chi connectivity index (χ4v) is 3.15. The van der Waals surface area contributed by atoms with Gasteiger partial charge in [-0.2, -0.15) is 0 Å². The number of carbonyl (C=O) groups is 1. The van der Waals surface area contributed by atoms with Crippen LogP contribution in [0, 0.1) is 0 Å². The minimum absolute atomic E-state index is 0.186. The highest BCUT2D eigenvalue weighted by atomic mass is 16.1. The van der Waals surface area contributed by atoms with Crippen LogP contribution in [0.1, 0.15) is 28.8 Å². The molecule has 4 rings (SSSR count). The summed E-state index contributed by atoms with van der Waals surface area (Å²) in [6, 6.07) is 5.94. The maximum absolute atomic E-state index is 12.7. The van der Waals surface area contributed by atoms with Gasteiger partial charge in [0.25, 0.3) is 5.91 Å². The van der Waals surface area contributed by atoms with E-state index < -0.39 is 0 Å². The predicted molar refractivity (Wildman–Crippen MR) is 97.5 cm³/mol. The largest absolute Gasteiger partial charge is 0.333 e. The molecule has 0 bridgehead atoms. The van der Waals surface area contributed by atoms with Crippen molar-refractivity contribution in [2.24, 2.45) is 0 Å². The van der Waals surface area contributed by atoms with Gasteiger partial charge in [0.1, 0.15) is 24.2 Å². The molecule has 0 saturated heterocycles. The van der Waals surface area contributed by atoms with Crippen molar-refractivity contribution < 1.29 is 4.79 Å². The van der Waals surface area contributed by atoms with Crippen LogP contribution in [0.15, 0.2) is 37.1 Å². The number of aromatic nitrogens is 5. The van der Waals surface area contributed by atoms with Gasteiger partial charge in [-0.05, 0) is 24.1 Å². The number of fused-ring (bicyclic) bond motifs is 1. The van der Waals surface area contributed by atoms with E-state index in [0.29, 0.717) is 5.69 Å². The second kappa shape index (κ2) is 7.09. The molecule has 26 heavy (non-hydrogen) atoms. The van der Waals surface area contributed by atoms with Gasteiger partial charge in [0.15, 0.2) is 0 Å². The minimum atomic E-state index is -0.186. The second-order valence-electron chi connectivity index (χ2n) is 6.25. The molecule has 3 aromatic rings. The third kappa shape index (κ3) is 3.23. The molecule has 0 radical (unpaired) electrons. The van der Waals surface area contributed by atoms with E-state index in [1.807, 2.05) is 24.4 Å². The summed E-state index contributed by atoms with van der Waals surface area (Å²) in [6.45, 7) is 4.68. The summed E-state index contributed by atoms with van der Waals surface area (Å²) >= 11 is 0. The van der Waals surface area contributed by atoms with Crippen LogP contribution in [0.2, 0.25) is 0 Å². The van der Waals surface area contributed by atoms with Crippen LogP contribution < -0.4 is 10.6 Å². The van der Waals surface area contributed by atoms with E-state index in [1.165, 1.54) is 0 Å². The lowest BCUT2D eigenvalue weighted by Gasteiger charge is -2.11. The molecule has 0 atom stereocenters. The zero-order chi connectivity index (χ0) is 17.9. The van der Waals surface area contributed by atoms with Gasteiger partial charge >= 0.3 is 0 Å². The molecule has 134 valence electrons. The van der Waals surface area contributed by atoms with E-state index in [2.05, 4.69) is 37.3 Å². The molecule has 3 heterocycles. The van der Waals surface area contributed by atoms with E-state index in [-0.39, 0.29) is 5.91 Å². The van der Waals surface area contributed by atoms with Crippen molar-refractivity contribution in [2.75, 3.05) is 18.4 Å². The molecule has 1 aliphatic rings. The molecule has 0 aliphatic carbocycles. The second-order valence-corrected chi connectivity index (χ2v) is 6.25. The molecular formula is C18H21N7O. The zero-order valence-electron chi connectivity index (χ0n) is 14.6. The number of hydrogen-bond acceptors (Lipinski definition) is 5. The summed E-state index contributed by atoms with van der Waals surface area (Å²) in [5.74, 6) is 0.767. The maximum atomic E-state index is 12.7. The van der Waals surface area contributed by atoms with Crippen LogP contribution in [0.5, 0.6) is 0 Å². The number of anilines is 1. The number of hydrogen-bond donors (Lipinski definition) is 2. The summed E-state index contributed by atoms with van der Waals surface area (Å²) in [7, 11) is 0. The standard InChI is InChI=1S/C18H21N7O/c1-2-13-3-4-14(25-11-20-21-12-25)9-15(13)23-18(26)16-10-24-8-7-19-6-5-17(24)22-16/h3-4,9-12,19H,2,5-8H2,1H3,(H,23,26). The number of nitrogens with one attached hydrogen (secondary N) is 2. The third-order valence-electron chi connectivity index (χ3n) is 4.59. The lowest BCUT2D eigenvalue weighted by atomic mass is 10.1. The van der Waals surface area contributed by atoms with Crippen molar-refractivity contribution in [2.45, 2.75) is 26.3 Å².